The van der Waals surface area contributed by atoms with Crippen molar-refractivity contribution in [3.05, 3.63) is 23.2 Å². The van der Waals surface area contributed by atoms with Crippen LogP contribution in [-0.4, -0.2) is 17.8 Å². The smallest absolute Gasteiger partial charge is 0.319 e. The lowest BCUT2D eigenvalue weighted by atomic mass is 10.3. The van der Waals surface area contributed by atoms with Crippen molar-refractivity contribution in [1.82, 2.24) is 0 Å². The third-order valence-corrected chi connectivity index (χ3v) is 3.86. The topological polar surface area (TPSA) is 52.3 Å². The number of benzene rings is 1. The molecule has 0 bridgehead atoms. The highest BCUT2D eigenvalue weighted by Crippen LogP contribution is 2.35. The molecule has 80 valence electrons. The van der Waals surface area contributed by atoms with Gasteiger partial charge < -0.3 is 10.5 Å². The molecule has 2 N–H and O–H groups in total. The molecular formula is C10H10ClNO2S. The van der Waals surface area contributed by atoms with E-state index in [4.69, 9.17) is 22.1 Å². The number of anilines is 1. The van der Waals surface area contributed by atoms with E-state index in [0.29, 0.717) is 17.3 Å². The molecule has 0 spiro atoms. The van der Waals surface area contributed by atoms with E-state index in [1.807, 2.05) is 6.07 Å². The highest BCUT2D eigenvalue weighted by molar-refractivity contribution is 8.00. The van der Waals surface area contributed by atoms with Crippen LogP contribution in [-0.2, 0) is 9.53 Å². The Morgan fingerprint density at radius 2 is 2.33 bits per heavy atom. The van der Waals surface area contributed by atoms with Crippen LogP contribution in [0.25, 0.3) is 0 Å². The first-order valence-electron chi connectivity index (χ1n) is 4.55. The molecule has 2 rings (SSSR count). The predicted molar refractivity (Wildman–Crippen MR) is 61.1 cm³/mol. The second kappa shape index (κ2) is 4.33. The average molecular weight is 244 g/mol. The molecule has 1 heterocycles. The summed E-state index contributed by atoms with van der Waals surface area (Å²) in [4.78, 5) is 12.1. The Labute approximate surface area is 96.9 Å². The van der Waals surface area contributed by atoms with Crippen molar-refractivity contribution in [3.8, 4) is 0 Å². The fourth-order valence-corrected chi connectivity index (χ4v) is 2.68. The molecule has 1 aliphatic heterocycles. The summed E-state index contributed by atoms with van der Waals surface area (Å²) in [7, 11) is 0. The Morgan fingerprint density at radius 3 is 2.93 bits per heavy atom. The summed E-state index contributed by atoms with van der Waals surface area (Å²) in [5, 5.41) is 0.450. The molecule has 1 fully saturated rings. The first kappa shape index (κ1) is 10.6. The molecule has 0 aliphatic carbocycles. The van der Waals surface area contributed by atoms with E-state index in [1.165, 1.54) is 11.8 Å². The lowest BCUT2D eigenvalue weighted by Crippen LogP contribution is -2.09. The summed E-state index contributed by atoms with van der Waals surface area (Å²) in [5.74, 6) is -0.159. The van der Waals surface area contributed by atoms with Gasteiger partial charge in [0.05, 0.1) is 11.6 Å². The minimum atomic E-state index is -0.159. The molecule has 0 saturated carbocycles. The Hall–Kier alpha value is -0.870. The zero-order valence-electron chi connectivity index (χ0n) is 7.90. The first-order chi connectivity index (χ1) is 7.16. The largest absolute Gasteiger partial charge is 0.465 e. The molecular weight excluding hydrogens is 234 g/mol. The van der Waals surface area contributed by atoms with Gasteiger partial charge in [-0.15, -0.1) is 11.8 Å². The van der Waals surface area contributed by atoms with Gasteiger partial charge >= 0.3 is 5.97 Å². The maximum absolute atomic E-state index is 11.2. The third kappa shape index (κ3) is 2.38. The minimum absolute atomic E-state index is 0.133. The van der Waals surface area contributed by atoms with Crippen LogP contribution in [0.1, 0.15) is 6.42 Å². The Kier molecular flexibility index (Phi) is 3.07. The Bertz CT molecular complexity index is 397. The lowest BCUT2D eigenvalue weighted by Gasteiger charge is -2.07. The van der Waals surface area contributed by atoms with Crippen LogP contribution in [0.3, 0.4) is 0 Å². The SMILES string of the molecule is Nc1ccc(SC2CCOC2=O)c(Cl)c1. The molecule has 1 aromatic carbocycles. The molecule has 1 aromatic rings. The lowest BCUT2D eigenvalue weighted by molar-refractivity contribution is -0.137. The van der Waals surface area contributed by atoms with Crippen LogP contribution in [0.5, 0.6) is 0 Å². The zero-order chi connectivity index (χ0) is 10.8. The van der Waals surface area contributed by atoms with Crippen LogP contribution in [0.4, 0.5) is 5.69 Å². The van der Waals surface area contributed by atoms with E-state index >= 15 is 0 Å². The minimum Gasteiger partial charge on any atom is -0.465 e. The van der Waals surface area contributed by atoms with Gasteiger partial charge in [-0.05, 0) is 18.2 Å². The molecule has 1 unspecified atom stereocenters. The van der Waals surface area contributed by atoms with Gasteiger partial charge in [-0.1, -0.05) is 11.6 Å². The van der Waals surface area contributed by atoms with Crippen LogP contribution in [0.15, 0.2) is 23.1 Å². The van der Waals surface area contributed by atoms with Gasteiger partial charge in [0, 0.05) is 17.0 Å². The zero-order valence-corrected chi connectivity index (χ0v) is 9.48. The number of rotatable bonds is 2. The number of hydrogen-bond donors (Lipinski definition) is 1. The molecule has 3 nitrogen and oxygen atoms in total. The summed E-state index contributed by atoms with van der Waals surface area (Å²) in [6.45, 7) is 0.503. The average Bonchev–Trinajstić information content (AvgIpc) is 2.57. The second-order valence-corrected chi connectivity index (χ2v) is 4.90. The Balaban J connectivity index is 2.13. The monoisotopic (exact) mass is 243 g/mol. The van der Waals surface area contributed by atoms with E-state index in [1.54, 1.807) is 12.1 Å². The van der Waals surface area contributed by atoms with E-state index in [0.717, 1.165) is 11.3 Å². The van der Waals surface area contributed by atoms with Crippen LogP contribution < -0.4 is 5.73 Å². The van der Waals surface area contributed by atoms with Crippen LogP contribution in [0.2, 0.25) is 5.02 Å². The molecule has 5 heteroatoms. The fourth-order valence-electron chi connectivity index (χ4n) is 1.35. The summed E-state index contributed by atoms with van der Waals surface area (Å²) in [6, 6.07) is 5.28. The van der Waals surface area contributed by atoms with E-state index in [2.05, 4.69) is 0 Å². The molecule has 1 saturated heterocycles. The van der Waals surface area contributed by atoms with Gasteiger partial charge in [0.1, 0.15) is 5.25 Å². The quantitative estimate of drug-likeness (QED) is 0.640. The summed E-state index contributed by atoms with van der Waals surface area (Å²) < 4.78 is 4.87. The number of nitrogens with two attached hydrogens (primary N) is 1. The molecule has 1 aliphatic rings. The number of nitrogen functional groups attached to an aromatic ring is 1. The van der Waals surface area contributed by atoms with Gasteiger partial charge in [-0.25, -0.2) is 0 Å². The standard InChI is InChI=1S/C10H10ClNO2S/c11-7-5-6(12)1-2-8(7)15-9-3-4-14-10(9)13/h1-2,5,9H,3-4,12H2. The third-order valence-electron chi connectivity index (χ3n) is 2.11. The molecule has 0 amide bonds. The van der Waals surface area contributed by atoms with Crippen molar-refractivity contribution < 1.29 is 9.53 Å². The van der Waals surface area contributed by atoms with Gasteiger partial charge in [0.25, 0.3) is 0 Å². The highest BCUT2D eigenvalue weighted by atomic mass is 35.5. The fraction of sp³-hybridized carbons (Fsp3) is 0.300. The van der Waals surface area contributed by atoms with Crippen molar-refractivity contribution in [2.75, 3.05) is 12.3 Å². The molecule has 0 aromatic heterocycles. The van der Waals surface area contributed by atoms with Gasteiger partial charge in [0.15, 0.2) is 0 Å². The van der Waals surface area contributed by atoms with Crippen LogP contribution >= 0.6 is 23.4 Å². The highest BCUT2D eigenvalue weighted by Gasteiger charge is 2.27. The predicted octanol–water partition coefficient (Wildman–Crippen LogP) is 2.33. The van der Waals surface area contributed by atoms with Gasteiger partial charge in [-0.2, -0.15) is 0 Å². The normalized spacial score (nSPS) is 20.3. The van der Waals surface area contributed by atoms with E-state index in [9.17, 15) is 4.79 Å². The summed E-state index contributed by atoms with van der Waals surface area (Å²) in [6.07, 6.45) is 0.740. The molecule has 0 radical (unpaired) electrons. The molecule has 15 heavy (non-hydrogen) atoms. The molecule has 1 atom stereocenters. The number of thioether (sulfide) groups is 1. The van der Waals surface area contributed by atoms with Crippen molar-refractivity contribution in [2.24, 2.45) is 0 Å². The van der Waals surface area contributed by atoms with E-state index in [-0.39, 0.29) is 11.2 Å². The number of ether oxygens (including phenoxy) is 1. The Morgan fingerprint density at radius 1 is 1.53 bits per heavy atom. The maximum Gasteiger partial charge on any atom is 0.319 e. The number of cyclic esters (lactones) is 1. The van der Waals surface area contributed by atoms with Gasteiger partial charge in [0.2, 0.25) is 0 Å². The van der Waals surface area contributed by atoms with E-state index < -0.39 is 0 Å². The number of carbonyl (C=O) groups is 1. The van der Waals surface area contributed by atoms with Crippen molar-refractivity contribution >= 4 is 35.0 Å². The van der Waals surface area contributed by atoms with Crippen molar-refractivity contribution in [1.29, 1.82) is 0 Å². The summed E-state index contributed by atoms with van der Waals surface area (Å²) in [5.41, 5.74) is 6.20. The second-order valence-electron chi connectivity index (χ2n) is 3.25. The summed E-state index contributed by atoms with van der Waals surface area (Å²) >= 11 is 7.44. The first-order valence-corrected chi connectivity index (χ1v) is 5.81. The number of carbonyl (C=O) groups excluding carboxylic acids is 1. The number of esters is 1. The number of hydrogen-bond acceptors (Lipinski definition) is 4. The van der Waals surface area contributed by atoms with Crippen LogP contribution in [0, 0.1) is 0 Å². The number of halogens is 1. The van der Waals surface area contributed by atoms with Crippen molar-refractivity contribution in [3.63, 3.8) is 0 Å². The maximum atomic E-state index is 11.2. The van der Waals surface area contributed by atoms with Gasteiger partial charge in [-0.3, -0.25) is 4.79 Å². The van der Waals surface area contributed by atoms with Crippen molar-refractivity contribution in [2.45, 2.75) is 16.6 Å².